The minimum Gasteiger partial charge on any atom is -0.480 e. The lowest BCUT2D eigenvalue weighted by molar-refractivity contribution is -0.143. The van der Waals surface area contributed by atoms with Gasteiger partial charge in [0.2, 0.25) is 3.79 Å². The molecular formula is C9H12Cl3NO4. The molecule has 0 spiro atoms. The van der Waals surface area contributed by atoms with Crippen LogP contribution in [0.5, 0.6) is 0 Å². The van der Waals surface area contributed by atoms with Gasteiger partial charge in [-0.2, -0.15) is 0 Å². The standard InChI is InChI=1S/C9H12Cl3NO4/c1-3-4-8(2,6(14)15)13-7(16)17-5-9(10,11)12/h3H,1,4-5H2,2H3,(H,13,16)(H,14,15)/t8-/m0/s1. The Morgan fingerprint density at radius 3 is 2.35 bits per heavy atom. The summed E-state index contributed by atoms with van der Waals surface area (Å²) in [6, 6.07) is 0. The molecule has 1 atom stereocenters. The lowest BCUT2D eigenvalue weighted by Crippen LogP contribution is -2.52. The third-order valence-corrected chi connectivity index (χ3v) is 2.10. The van der Waals surface area contributed by atoms with E-state index in [2.05, 4.69) is 16.6 Å². The van der Waals surface area contributed by atoms with Crippen LogP contribution in [0.25, 0.3) is 0 Å². The first-order chi connectivity index (χ1) is 7.60. The third-order valence-electron chi connectivity index (χ3n) is 1.77. The van der Waals surface area contributed by atoms with Crippen LogP contribution in [0, 0.1) is 0 Å². The van der Waals surface area contributed by atoms with E-state index in [1.165, 1.54) is 13.0 Å². The maximum atomic E-state index is 11.3. The van der Waals surface area contributed by atoms with E-state index in [1.807, 2.05) is 0 Å². The molecule has 5 nitrogen and oxygen atoms in total. The lowest BCUT2D eigenvalue weighted by Gasteiger charge is -2.24. The number of carboxylic acid groups (broad SMARTS) is 1. The van der Waals surface area contributed by atoms with E-state index in [1.54, 1.807) is 0 Å². The molecule has 0 fully saturated rings. The zero-order valence-electron chi connectivity index (χ0n) is 9.00. The number of halogens is 3. The summed E-state index contributed by atoms with van der Waals surface area (Å²) >= 11 is 16.1. The highest BCUT2D eigenvalue weighted by atomic mass is 35.6. The Morgan fingerprint density at radius 1 is 1.47 bits per heavy atom. The molecule has 0 rings (SSSR count). The van der Waals surface area contributed by atoms with Gasteiger partial charge < -0.3 is 15.2 Å². The molecule has 0 aliphatic heterocycles. The summed E-state index contributed by atoms with van der Waals surface area (Å²) in [5.74, 6) is -1.22. The fourth-order valence-electron chi connectivity index (χ4n) is 0.889. The van der Waals surface area contributed by atoms with Crippen molar-refractivity contribution in [3.63, 3.8) is 0 Å². The second-order valence-corrected chi connectivity index (χ2v) is 5.96. The number of carboxylic acids is 1. The predicted molar refractivity (Wildman–Crippen MR) is 65.6 cm³/mol. The van der Waals surface area contributed by atoms with Crippen LogP contribution >= 0.6 is 34.8 Å². The average Bonchev–Trinajstić information content (AvgIpc) is 2.13. The SMILES string of the molecule is C=CC[C@](C)(NC(=O)OCC(Cl)(Cl)Cl)C(=O)O. The molecule has 0 saturated heterocycles. The van der Waals surface area contributed by atoms with E-state index >= 15 is 0 Å². The monoisotopic (exact) mass is 303 g/mol. The quantitative estimate of drug-likeness (QED) is 0.604. The summed E-state index contributed by atoms with van der Waals surface area (Å²) in [6.07, 6.45) is 0.414. The van der Waals surface area contributed by atoms with Crippen LogP contribution in [0.1, 0.15) is 13.3 Å². The van der Waals surface area contributed by atoms with Gasteiger partial charge in [-0.25, -0.2) is 9.59 Å². The molecule has 0 aromatic heterocycles. The van der Waals surface area contributed by atoms with Crippen LogP contribution in [-0.2, 0) is 9.53 Å². The zero-order chi connectivity index (χ0) is 13.7. The maximum Gasteiger partial charge on any atom is 0.408 e. The fraction of sp³-hybridized carbons (Fsp3) is 0.556. The second-order valence-electron chi connectivity index (χ2n) is 3.45. The first kappa shape index (κ1) is 16.4. The van der Waals surface area contributed by atoms with Crippen molar-refractivity contribution in [3.05, 3.63) is 12.7 Å². The molecule has 0 saturated carbocycles. The molecule has 1 amide bonds. The molecule has 0 heterocycles. The normalized spacial score (nSPS) is 14.6. The van der Waals surface area contributed by atoms with E-state index in [-0.39, 0.29) is 6.42 Å². The van der Waals surface area contributed by atoms with Gasteiger partial charge in [-0.3, -0.25) is 0 Å². The van der Waals surface area contributed by atoms with E-state index in [0.29, 0.717) is 0 Å². The van der Waals surface area contributed by atoms with Gasteiger partial charge in [0.1, 0.15) is 12.1 Å². The Kier molecular flexibility index (Phi) is 6.09. The predicted octanol–water partition coefficient (Wildman–Crippen LogP) is 2.50. The molecule has 0 aromatic rings. The first-order valence-corrected chi connectivity index (χ1v) is 5.60. The van der Waals surface area contributed by atoms with Crippen molar-refractivity contribution in [2.75, 3.05) is 6.61 Å². The van der Waals surface area contributed by atoms with Crippen molar-refractivity contribution in [3.8, 4) is 0 Å². The molecule has 0 bridgehead atoms. The molecule has 0 radical (unpaired) electrons. The Labute approximate surface area is 114 Å². The summed E-state index contributed by atoms with van der Waals surface area (Å²) in [5, 5.41) is 11.1. The molecule has 98 valence electrons. The van der Waals surface area contributed by atoms with E-state index in [4.69, 9.17) is 39.9 Å². The molecule has 2 N–H and O–H groups in total. The number of amides is 1. The average molecular weight is 305 g/mol. The number of aliphatic carboxylic acids is 1. The van der Waals surface area contributed by atoms with Crippen LogP contribution in [0.15, 0.2) is 12.7 Å². The Balaban J connectivity index is 4.43. The van der Waals surface area contributed by atoms with Crippen molar-refractivity contribution in [1.82, 2.24) is 5.32 Å². The van der Waals surface area contributed by atoms with Crippen molar-refractivity contribution in [1.29, 1.82) is 0 Å². The molecule has 0 aliphatic carbocycles. The van der Waals surface area contributed by atoms with Crippen molar-refractivity contribution in [2.24, 2.45) is 0 Å². The number of carbonyl (C=O) groups is 2. The summed E-state index contributed by atoms with van der Waals surface area (Å²) in [6.45, 7) is 4.24. The number of carbonyl (C=O) groups excluding carboxylic acids is 1. The number of ether oxygens (including phenoxy) is 1. The van der Waals surface area contributed by atoms with Crippen LogP contribution in [0.4, 0.5) is 4.79 Å². The van der Waals surface area contributed by atoms with E-state index in [9.17, 15) is 9.59 Å². The smallest absolute Gasteiger partial charge is 0.408 e. The number of hydrogen-bond donors (Lipinski definition) is 2. The number of alkyl halides is 3. The van der Waals surface area contributed by atoms with Gasteiger partial charge in [-0.1, -0.05) is 40.9 Å². The second kappa shape index (κ2) is 6.33. The van der Waals surface area contributed by atoms with Gasteiger partial charge in [0.25, 0.3) is 0 Å². The molecular weight excluding hydrogens is 292 g/mol. The van der Waals surface area contributed by atoms with Gasteiger partial charge in [0.15, 0.2) is 0 Å². The number of alkyl carbamates (subject to hydrolysis) is 1. The highest BCUT2D eigenvalue weighted by Crippen LogP contribution is 2.26. The topological polar surface area (TPSA) is 75.6 Å². The van der Waals surface area contributed by atoms with Crippen molar-refractivity contribution < 1.29 is 19.4 Å². The Morgan fingerprint density at radius 2 is 2.00 bits per heavy atom. The van der Waals surface area contributed by atoms with Crippen LogP contribution in [0.3, 0.4) is 0 Å². The van der Waals surface area contributed by atoms with Gasteiger partial charge in [0, 0.05) is 0 Å². The largest absolute Gasteiger partial charge is 0.480 e. The Hall–Kier alpha value is -0.650. The van der Waals surface area contributed by atoms with Gasteiger partial charge in [-0.05, 0) is 13.3 Å². The Bertz CT molecular complexity index is 316. The first-order valence-electron chi connectivity index (χ1n) is 4.47. The van der Waals surface area contributed by atoms with E-state index in [0.717, 1.165) is 0 Å². The molecule has 0 unspecified atom stereocenters. The summed E-state index contributed by atoms with van der Waals surface area (Å²) in [7, 11) is 0. The minimum absolute atomic E-state index is 0.0329. The minimum atomic E-state index is -1.74. The number of nitrogens with one attached hydrogen (secondary N) is 1. The van der Waals surface area contributed by atoms with Gasteiger partial charge >= 0.3 is 12.1 Å². The third kappa shape index (κ3) is 6.61. The summed E-state index contributed by atoms with van der Waals surface area (Å²) < 4.78 is 2.81. The summed E-state index contributed by atoms with van der Waals surface area (Å²) in [4.78, 5) is 22.2. The highest BCUT2D eigenvalue weighted by Gasteiger charge is 2.34. The molecule has 8 heteroatoms. The van der Waals surface area contributed by atoms with Gasteiger partial charge in [-0.15, -0.1) is 6.58 Å². The maximum absolute atomic E-state index is 11.3. The molecule has 17 heavy (non-hydrogen) atoms. The lowest BCUT2D eigenvalue weighted by atomic mass is 9.98. The van der Waals surface area contributed by atoms with Crippen LogP contribution in [-0.4, -0.2) is 33.1 Å². The molecule has 0 aromatic carbocycles. The molecule has 0 aliphatic rings. The number of hydrogen-bond acceptors (Lipinski definition) is 3. The van der Waals surface area contributed by atoms with Crippen LogP contribution in [0.2, 0.25) is 0 Å². The van der Waals surface area contributed by atoms with Crippen molar-refractivity contribution >= 4 is 46.9 Å². The van der Waals surface area contributed by atoms with Gasteiger partial charge in [0.05, 0.1) is 0 Å². The number of rotatable bonds is 5. The van der Waals surface area contributed by atoms with E-state index < -0.39 is 28.0 Å². The zero-order valence-corrected chi connectivity index (χ0v) is 11.3. The fourth-order valence-corrected chi connectivity index (χ4v) is 1.05. The highest BCUT2D eigenvalue weighted by molar-refractivity contribution is 6.67. The summed E-state index contributed by atoms with van der Waals surface area (Å²) in [5.41, 5.74) is -1.51. The van der Waals surface area contributed by atoms with Crippen LogP contribution < -0.4 is 5.32 Å². The van der Waals surface area contributed by atoms with Crippen molar-refractivity contribution in [2.45, 2.75) is 22.7 Å².